The Morgan fingerprint density at radius 2 is 0.562 bits per heavy atom. The molecule has 0 N–H and O–H groups in total. The summed E-state index contributed by atoms with van der Waals surface area (Å²) in [6, 6.07) is 0. The van der Waals surface area contributed by atoms with Gasteiger partial charge in [-0.25, -0.2) is 0 Å². The summed E-state index contributed by atoms with van der Waals surface area (Å²) < 4.78 is 16.7. The molecule has 6 nitrogen and oxygen atoms in total. The highest BCUT2D eigenvalue weighted by Crippen LogP contribution is 2.12. The molecule has 0 fully saturated rings. The summed E-state index contributed by atoms with van der Waals surface area (Å²) in [5, 5.41) is 0. The monoisotopic (exact) mass is 1000 g/mol. The molecule has 0 aliphatic carbocycles. The number of hydrogen-bond donors (Lipinski definition) is 0. The van der Waals surface area contributed by atoms with E-state index in [1.165, 1.54) is 19.3 Å². The zero-order valence-corrected chi connectivity index (χ0v) is 46.1. The molecule has 0 heterocycles. The van der Waals surface area contributed by atoms with Crippen molar-refractivity contribution in [3.63, 3.8) is 0 Å². The van der Waals surface area contributed by atoms with Crippen LogP contribution in [0.2, 0.25) is 0 Å². The minimum atomic E-state index is -0.864. The number of carbonyl (C=O) groups is 3. The molecule has 0 bridgehead atoms. The Balaban J connectivity index is 4.60. The summed E-state index contributed by atoms with van der Waals surface area (Å²) in [4.78, 5) is 38.1. The third-order valence-electron chi connectivity index (χ3n) is 10.9. The Kier molecular flexibility index (Phi) is 54.6. The highest BCUT2D eigenvalue weighted by Gasteiger charge is 2.19. The molecule has 404 valence electrons. The molecule has 0 radical (unpaired) electrons. The third-order valence-corrected chi connectivity index (χ3v) is 10.9. The Bertz CT molecular complexity index is 1770. The third kappa shape index (κ3) is 57.3. The van der Waals surface area contributed by atoms with E-state index in [1.807, 2.05) is 6.08 Å². The van der Waals surface area contributed by atoms with Crippen LogP contribution in [0.15, 0.2) is 182 Å². The lowest BCUT2D eigenvalue weighted by atomic mass is 10.1. The predicted molar refractivity (Wildman–Crippen MR) is 315 cm³/mol. The second-order valence-electron chi connectivity index (χ2n) is 17.7. The van der Waals surface area contributed by atoms with Gasteiger partial charge in [0.25, 0.3) is 0 Å². The lowest BCUT2D eigenvalue weighted by Gasteiger charge is -2.18. The molecule has 73 heavy (non-hydrogen) atoms. The Morgan fingerprint density at radius 3 is 0.932 bits per heavy atom. The number of hydrogen-bond acceptors (Lipinski definition) is 6. The molecule has 1 unspecified atom stereocenters. The van der Waals surface area contributed by atoms with Crippen molar-refractivity contribution in [2.75, 3.05) is 13.2 Å². The molecule has 6 heteroatoms. The van der Waals surface area contributed by atoms with Gasteiger partial charge in [-0.05, 0) is 128 Å². The highest BCUT2D eigenvalue weighted by molar-refractivity contribution is 5.72. The first-order valence-electron chi connectivity index (χ1n) is 28.3. The van der Waals surface area contributed by atoms with Gasteiger partial charge in [0.15, 0.2) is 6.10 Å². The van der Waals surface area contributed by atoms with Gasteiger partial charge in [0, 0.05) is 12.8 Å². The van der Waals surface area contributed by atoms with E-state index in [-0.39, 0.29) is 32.0 Å². The van der Waals surface area contributed by atoms with Crippen LogP contribution in [0, 0.1) is 0 Å². The maximum absolute atomic E-state index is 12.8. The average Bonchev–Trinajstić information content (AvgIpc) is 3.39. The molecule has 0 aliphatic heterocycles. The summed E-state index contributed by atoms with van der Waals surface area (Å²) in [6.07, 6.45) is 89.1. The molecular formula is C67H100O6. The molecule has 0 saturated carbocycles. The van der Waals surface area contributed by atoms with Crippen molar-refractivity contribution in [1.29, 1.82) is 0 Å². The van der Waals surface area contributed by atoms with Crippen molar-refractivity contribution >= 4 is 17.9 Å². The van der Waals surface area contributed by atoms with Gasteiger partial charge in [-0.1, -0.05) is 235 Å². The number of unbranched alkanes of at least 4 members (excludes halogenated alkanes) is 8. The van der Waals surface area contributed by atoms with Crippen LogP contribution in [0.25, 0.3) is 0 Å². The SMILES string of the molecule is CC/C=C\C/C=C\C/C=C\C/C=C\C/C=C\CCCCCCCCCC(=O)OCC(COC(=O)C/C=C\C/C=C\C/C=C\C/C=C\C/C=C\CC)OC(=O)CCC/C=C\C/C=C\C/C=C\C/C=C\C/C=C\CC. The van der Waals surface area contributed by atoms with Gasteiger partial charge >= 0.3 is 17.9 Å². The van der Waals surface area contributed by atoms with E-state index in [0.29, 0.717) is 19.3 Å². The maximum atomic E-state index is 12.8. The van der Waals surface area contributed by atoms with E-state index >= 15 is 0 Å². The molecule has 0 aliphatic rings. The molecule has 0 aromatic carbocycles. The quantitative estimate of drug-likeness (QED) is 0.0262. The second kappa shape index (κ2) is 59.1. The summed E-state index contributed by atoms with van der Waals surface area (Å²) >= 11 is 0. The van der Waals surface area contributed by atoms with Gasteiger partial charge in [-0.15, -0.1) is 0 Å². The lowest BCUT2D eigenvalue weighted by molar-refractivity contribution is -0.166. The van der Waals surface area contributed by atoms with Gasteiger partial charge in [-0.3, -0.25) is 14.4 Å². The van der Waals surface area contributed by atoms with Crippen molar-refractivity contribution in [3.05, 3.63) is 182 Å². The molecule has 0 aromatic rings. The number of allylic oxidation sites excluding steroid dienone is 29. The van der Waals surface area contributed by atoms with Gasteiger partial charge in [0.1, 0.15) is 13.2 Å². The zero-order valence-electron chi connectivity index (χ0n) is 46.1. The Hall–Kier alpha value is -5.49. The van der Waals surface area contributed by atoms with E-state index in [2.05, 4.69) is 191 Å². The first kappa shape index (κ1) is 67.5. The van der Waals surface area contributed by atoms with Crippen LogP contribution in [-0.2, 0) is 28.6 Å². The van der Waals surface area contributed by atoms with Crippen LogP contribution in [0.5, 0.6) is 0 Å². The molecule has 0 amide bonds. The van der Waals surface area contributed by atoms with E-state index in [4.69, 9.17) is 14.2 Å². The lowest BCUT2D eigenvalue weighted by Crippen LogP contribution is -2.30. The zero-order chi connectivity index (χ0) is 52.9. The van der Waals surface area contributed by atoms with Crippen LogP contribution < -0.4 is 0 Å². The van der Waals surface area contributed by atoms with E-state index in [9.17, 15) is 14.4 Å². The van der Waals surface area contributed by atoms with Crippen LogP contribution in [0.3, 0.4) is 0 Å². The van der Waals surface area contributed by atoms with Crippen LogP contribution in [0.4, 0.5) is 0 Å². The van der Waals surface area contributed by atoms with E-state index < -0.39 is 18.0 Å². The van der Waals surface area contributed by atoms with Crippen molar-refractivity contribution in [1.82, 2.24) is 0 Å². The standard InChI is InChI=1S/C67H100O6/c1-4-7-10-13-16-19-22-25-28-30-31-32-33-34-35-37-39-42-45-48-51-54-57-60-66(69)72-63-64(62-71-65(68)59-56-53-50-47-44-41-38-27-24-21-18-15-12-9-6-3)73-67(70)61-58-55-52-49-46-43-40-36-29-26-23-20-17-14-11-8-5-2/h7-12,16-21,25-29,31-32,34-35,38,40,43-44,47,49,52-53,56,64H,4-6,13-15,22-24,30,33,36-37,39,41-42,45-46,48,50-51,54-55,57-63H2,1-3H3/b10-7-,11-8-,12-9-,19-16-,20-17-,21-18-,28-25-,29-26-,32-31-,35-34-,38-27-,43-40-,47-44-,52-49-,56-53-. The fourth-order valence-electron chi connectivity index (χ4n) is 6.81. The number of ether oxygens (including phenoxy) is 3. The van der Waals surface area contributed by atoms with Crippen LogP contribution in [0.1, 0.15) is 201 Å². The minimum Gasteiger partial charge on any atom is -0.462 e. The molecule has 0 rings (SSSR count). The largest absolute Gasteiger partial charge is 0.462 e. The topological polar surface area (TPSA) is 78.9 Å². The van der Waals surface area contributed by atoms with Gasteiger partial charge in [-0.2, -0.15) is 0 Å². The maximum Gasteiger partial charge on any atom is 0.309 e. The molecule has 0 spiro atoms. The molecular weight excluding hydrogens is 901 g/mol. The van der Waals surface area contributed by atoms with Gasteiger partial charge in [0.2, 0.25) is 0 Å². The molecule has 0 saturated heterocycles. The molecule has 0 aromatic heterocycles. The fraction of sp³-hybridized carbons (Fsp3) is 0.507. The first-order chi connectivity index (χ1) is 36.0. The number of rotatable bonds is 48. The Labute approximate surface area is 446 Å². The van der Waals surface area contributed by atoms with Crippen LogP contribution >= 0.6 is 0 Å². The van der Waals surface area contributed by atoms with Crippen molar-refractivity contribution < 1.29 is 28.6 Å². The van der Waals surface area contributed by atoms with Crippen molar-refractivity contribution in [2.24, 2.45) is 0 Å². The van der Waals surface area contributed by atoms with Gasteiger partial charge in [0.05, 0.1) is 6.42 Å². The van der Waals surface area contributed by atoms with Crippen LogP contribution in [-0.4, -0.2) is 37.2 Å². The van der Waals surface area contributed by atoms with E-state index in [0.717, 1.165) is 128 Å². The first-order valence-corrected chi connectivity index (χ1v) is 28.3. The number of esters is 3. The van der Waals surface area contributed by atoms with Crippen molar-refractivity contribution in [3.8, 4) is 0 Å². The van der Waals surface area contributed by atoms with Gasteiger partial charge < -0.3 is 14.2 Å². The second-order valence-corrected chi connectivity index (χ2v) is 17.7. The minimum absolute atomic E-state index is 0.103. The van der Waals surface area contributed by atoms with E-state index in [1.54, 1.807) is 6.08 Å². The summed E-state index contributed by atoms with van der Waals surface area (Å²) in [6.45, 7) is 6.12. The summed E-state index contributed by atoms with van der Waals surface area (Å²) in [5.41, 5.74) is 0. The number of carbonyl (C=O) groups excluding carboxylic acids is 3. The average molecular weight is 1000 g/mol. The summed E-state index contributed by atoms with van der Waals surface area (Å²) in [5.74, 6) is -1.16. The van der Waals surface area contributed by atoms with Crippen molar-refractivity contribution in [2.45, 2.75) is 207 Å². The fourth-order valence-corrected chi connectivity index (χ4v) is 6.81. The smallest absolute Gasteiger partial charge is 0.309 e. The Morgan fingerprint density at radius 1 is 0.288 bits per heavy atom. The normalized spacial score (nSPS) is 13.5. The molecule has 1 atom stereocenters. The summed E-state index contributed by atoms with van der Waals surface area (Å²) in [7, 11) is 0. The predicted octanol–water partition coefficient (Wildman–Crippen LogP) is 19.3. The highest BCUT2D eigenvalue weighted by atomic mass is 16.6.